The quantitative estimate of drug-likeness (QED) is 0.438. The van der Waals surface area contributed by atoms with E-state index in [-0.39, 0.29) is 12.2 Å². The van der Waals surface area contributed by atoms with Crippen molar-refractivity contribution < 1.29 is 14.4 Å². The van der Waals surface area contributed by atoms with Gasteiger partial charge in [0.1, 0.15) is 5.82 Å². The Kier molecular flexibility index (Phi) is 4.10. The first-order valence-corrected chi connectivity index (χ1v) is 8.19. The van der Waals surface area contributed by atoms with Gasteiger partial charge in [-0.1, -0.05) is 30.3 Å². The van der Waals surface area contributed by atoms with Crippen LogP contribution in [0.1, 0.15) is 11.3 Å². The maximum atomic E-state index is 13.2. The molecule has 2 aromatic carbocycles. The number of benzene rings is 2. The van der Waals surface area contributed by atoms with Gasteiger partial charge in [0, 0.05) is 22.8 Å². The van der Waals surface area contributed by atoms with E-state index < -0.39 is 5.91 Å². The first kappa shape index (κ1) is 16.2. The number of hydrogen-bond donors (Lipinski definition) is 2. The molecule has 0 aliphatic carbocycles. The van der Waals surface area contributed by atoms with E-state index in [1.54, 1.807) is 23.8 Å². The Morgan fingerprint density at radius 2 is 1.85 bits per heavy atom. The van der Waals surface area contributed by atoms with E-state index in [9.17, 15) is 9.18 Å². The average Bonchev–Trinajstić information content (AvgIpc) is 2.97. The molecule has 26 heavy (non-hydrogen) atoms. The van der Waals surface area contributed by atoms with Gasteiger partial charge >= 0.3 is 0 Å². The molecule has 0 bridgehead atoms. The predicted octanol–water partition coefficient (Wildman–Crippen LogP) is 3.42. The first-order chi connectivity index (χ1) is 12.7. The molecule has 2 N–H and O–H groups in total. The van der Waals surface area contributed by atoms with E-state index in [4.69, 9.17) is 5.21 Å². The number of nitrogens with zero attached hydrogens (tertiary/aromatic N) is 2. The fourth-order valence-electron chi connectivity index (χ4n) is 3.23. The SMILES string of the molecule is O=C(Cc1cc2c3ccccc3n(Cc3ccc(F)cc3)c2cn1)NO. The molecule has 5 nitrogen and oxygen atoms in total. The molecule has 0 radical (unpaired) electrons. The van der Waals surface area contributed by atoms with Gasteiger partial charge in [-0.3, -0.25) is 15.0 Å². The molecule has 4 rings (SSSR count). The molecule has 0 saturated carbocycles. The molecule has 0 aliphatic heterocycles. The molecule has 0 aliphatic rings. The number of hydroxylamine groups is 1. The Labute approximate surface area is 148 Å². The zero-order valence-corrected chi connectivity index (χ0v) is 13.8. The smallest absolute Gasteiger partial charge is 0.249 e. The molecule has 2 aromatic heterocycles. The van der Waals surface area contributed by atoms with Gasteiger partial charge in [-0.2, -0.15) is 0 Å². The van der Waals surface area contributed by atoms with Crippen molar-refractivity contribution in [1.29, 1.82) is 0 Å². The first-order valence-electron chi connectivity index (χ1n) is 8.19. The van der Waals surface area contributed by atoms with E-state index >= 15 is 0 Å². The van der Waals surface area contributed by atoms with Crippen LogP contribution >= 0.6 is 0 Å². The van der Waals surface area contributed by atoms with E-state index in [0.29, 0.717) is 12.2 Å². The van der Waals surface area contributed by atoms with Gasteiger partial charge in [-0.05, 0) is 29.8 Å². The number of carbonyl (C=O) groups excluding carboxylic acids is 1. The molecule has 130 valence electrons. The Morgan fingerprint density at radius 3 is 2.62 bits per heavy atom. The molecule has 6 heteroatoms. The third kappa shape index (κ3) is 2.91. The van der Waals surface area contributed by atoms with Crippen LogP contribution in [0.3, 0.4) is 0 Å². The maximum Gasteiger partial charge on any atom is 0.249 e. The summed E-state index contributed by atoms with van der Waals surface area (Å²) in [6, 6.07) is 16.3. The van der Waals surface area contributed by atoms with E-state index in [0.717, 1.165) is 27.4 Å². The average molecular weight is 349 g/mol. The lowest BCUT2D eigenvalue weighted by atomic mass is 10.1. The molecule has 0 atom stereocenters. The number of carbonyl (C=O) groups is 1. The molecule has 2 heterocycles. The van der Waals surface area contributed by atoms with Crippen LogP contribution in [0.2, 0.25) is 0 Å². The van der Waals surface area contributed by atoms with Crippen molar-refractivity contribution in [3.05, 3.63) is 77.9 Å². The van der Waals surface area contributed by atoms with E-state index in [1.165, 1.54) is 12.1 Å². The van der Waals surface area contributed by atoms with Gasteiger partial charge in [0.15, 0.2) is 0 Å². The Hall–Kier alpha value is -3.25. The summed E-state index contributed by atoms with van der Waals surface area (Å²) < 4.78 is 15.3. The summed E-state index contributed by atoms with van der Waals surface area (Å²) in [4.78, 5) is 15.8. The number of aromatic nitrogens is 2. The van der Waals surface area contributed by atoms with Gasteiger partial charge in [0.25, 0.3) is 0 Å². The highest BCUT2D eigenvalue weighted by molar-refractivity contribution is 6.08. The number of para-hydroxylation sites is 1. The number of amides is 1. The van der Waals surface area contributed by atoms with Crippen molar-refractivity contribution in [1.82, 2.24) is 15.0 Å². The second-order valence-electron chi connectivity index (χ2n) is 6.13. The normalized spacial score (nSPS) is 11.2. The minimum atomic E-state index is -0.507. The van der Waals surface area contributed by atoms with Gasteiger partial charge in [-0.25, -0.2) is 9.87 Å². The minimum absolute atomic E-state index is 0.00388. The monoisotopic (exact) mass is 349 g/mol. The Bertz CT molecular complexity index is 1100. The number of nitrogens with one attached hydrogen (secondary N) is 1. The fourth-order valence-corrected chi connectivity index (χ4v) is 3.23. The molecule has 0 fully saturated rings. The van der Waals surface area contributed by atoms with Crippen LogP contribution < -0.4 is 5.48 Å². The van der Waals surface area contributed by atoms with Crippen LogP contribution in [-0.4, -0.2) is 20.7 Å². The van der Waals surface area contributed by atoms with Crippen LogP contribution in [0.5, 0.6) is 0 Å². The summed E-state index contributed by atoms with van der Waals surface area (Å²) in [5.41, 5.74) is 5.16. The number of hydrogen-bond acceptors (Lipinski definition) is 3. The summed E-state index contributed by atoms with van der Waals surface area (Å²) in [6.45, 7) is 0.586. The van der Waals surface area contributed by atoms with Crippen molar-refractivity contribution in [2.24, 2.45) is 0 Å². The van der Waals surface area contributed by atoms with Gasteiger partial charge < -0.3 is 4.57 Å². The zero-order chi connectivity index (χ0) is 18.1. The highest BCUT2D eigenvalue weighted by Crippen LogP contribution is 2.29. The predicted molar refractivity (Wildman–Crippen MR) is 96.4 cm³/mol. The largest absolute Gasteiger partial charge is 0.335 e. The van der Waals surface area contributed by atoms with Crippen LogP contribution in [0.4, 0.5) is 4.39 Å². The molecule has 0 spiro atoms. The summed E-state index contributed by atoms with van der Waals surface area (Å²) in [7, 11) is 0. The highest BCUT2D eigenvalue weighted by Gasteiger charge is 2.13. The summed E-state index contributed by atoms with van der Waals surface area (Å²) >= 11 is 0. The minimum Gasteiger partial charge on any atom is -0.335 e. The molecular formula is C20H16FN3O2. The standard InChI is InChI=1S/C20H16FN3O2/c21-14-7-5-13(6-8-14)12-24-18-4-2-1-3-16(18)17-9-15(10-20(25)23-26)22-11-19(17)24/h1-9,11,26H,10,12H2,(H,23,25). The zero-order valence-electron chi connectivity index (χ0n) is 13.8. The van der Waals surface area contributed by atoms with Crippen molar-refractivity contribution in [3.8, 4) is 0 Å². The van der Waals surface area contributed by atoms with E-state index in [1.807, 2.05) is 30.3 Å². The molecule has 0 saturated heterocycles. The Balaban J connectivity index is 1.85. The lowest BCUT2D eigenvalue weighted by Crippen LogP contribution is -2.21. The third-order valence-electron chi connectivity index (χ3n) is 4.44. The van der Waals surface area contributed by atoms with Crippen molar-refractivity contribution in [2.75, 3.05) is 0 Å². The van der Waals surface area contributed by atoms with Gasteiger partial charge in [0.05, 0.1) is 23.8 Å². The highest BCUT2D eigenvalue weighted by atomic mass is 19.1. The second-order valence-corrected chi connectivity index (χ2v) is 6.13. The van der Waals surface area contributed by atoms with Crippen molar-refractivity contribution in [3.63, 3.8) is 0 Å². The van der Waals surface area contributed by atoms with Crippen LogP contribution in [0.25, 0.3) is 21.8 Å². The summed E-state index contributed by atoms with van der Waals surface area (Å²) in [5.74, 6) is -0.767. The third-order valence-corrected chi connectivity index (χ3v) is 4.44. The molecule has 0 unspecified atom stereocenters. The van der Waals surface area contributed by atoms with Crippen molar-refractivity contribution >= 4 is 27.7 Å². The summed E-state index contributed by atoms with van der Waals surface area (Å²) in [6.07, 6.45) is 1.74. The maximum absolute atomic E-state index is 13.2. The number of rotatable bonds is 4. The second kappa shape index (κ2) is 6.57. The molecular weight excluding hydrogens is 333 g/mol. The topological polar surface area (TPSA) is 67.2 Å². The van der Waals surface area contributed by atoms with Crippen LogP contribution in [-0.2, 0) is 17.8 Å². The van der Waals surface area contributed by atoms with Crippen LogP contribution in [0, 0.1) is 5.82 Å². The fraction of sp³-hybridized carbons (Fsp3) is 0.100. The van der Waals surface area contributed by atoms with Gasteiger partial charge in [-0.15, -0.1) is 0 Å². The van der Waals surface area contributed by atoms with Gasteiger partial charge in [0.2, 0.25) is 5.91 Å². The lowest BCUT2D eigenvalue weighted by molar-refractivity contribution is -0.128. The molecule has 4 aromatic rings. The summed E-state index contributed by atoms with van der Waals surface area (Å²) in [5, 5.41) is 10.7. The van der Waals surface area contributed by atoms with E-state index in [2.05, 4.69) is 9.55 Å². The lowest BCUT2D eigenvalue weighted by Gasteiger charge is -2.08. The van der Waals surface area contributed by atoms with Crippen LogP contribution in [0.15, 0.2) is 60.8 Å². The number of pyridine rings is 1. The van der Waals surface area contributed by atoms with Crippen molar-refractivity contribution in [2.45, 2.75) is 13.0 Å². The Morgan fingerprint density at radius 1 is 1.08 bits per heavy atom. The number of halogens is 1. The molecule has 1 amide bonds. The number of fused-ring (bicyclic) bond motifs is 3.